The number of hydrogen-bond donors (Lipinski definition) is 1. The van der Waals surface area contributed by atoms with Crippen molar-refractivity contribution in [3.63, 3.8) is 0 Å². The van der Waals surface area contributed by atoms with E-state index in [1.807, 2.05) is 12.1 Å². The van der Waals surface area contributed by atoms with Crippen molar-refractivity contribution in [1.82, 2.24) is 9.55 Å². The van der Waals surface area contributed by atoms with Crippen LogP contribution in [0.3, 0.4) is 0 Å². The summed E-state index contributed by atoms with van der Waals surface area (Å²) in [6, 6.07) is 55.3. The first kappa shape index (κ1) is 25.5. The Labute approximate surface area is 280 Å². The monoisotopic (exact) mass is 622 g/mol. The van der Waals surface area contributed by atoms with Crippen LogP contribution in [0.5, 0.6) is 0 Å². The number of hydrogen-bond acceptors (Lipinski definition) is 1. The summed E-state index contributed by atoms with van der Waals surface area (Å²) < 4.78 is 8.55. The Balaban J connectivity index is 1.06. The molecule has 3 heteroatoms. The molecule has 0 saturated heterocycles. The molecule has 0 amide bonds. The highest BCUT2D eigenvalue weighted by Crippen LogP contribution is 2.50. The zero-order chi connectivity index (χ0) is 31.8. The molecule has 0 atom stereocenters. The summed E-state index contributed by atoms with van der Waals surface area (Å²) in [6.45, 7) is 0. The molecule has 3 heterocycles. The number of H-pyrrole nitrogens is 1. The van der Waals surface area contributed by atoms with Gasteiger partial charge in [-0.25, -0.2) is 0 Å². The van der Waals surface area contributed by atoms with Gasteiger partial charge < -0.3 is 14.0 Å². The van der Waals surface area contributed by atoms with Crippen molar-refractivity contribution in [2.24, 2.45) is 0 Å². The minimum absolute atomic E-state index is 0.909. The fourth-order valence-corrected chi connectivity index (χ4v) is 8.73. The Morgan fingerprint density at radius 3 is 2.00 bits per heavy atom. The van der Waals surface area contributed by atoms with Gasteiger partial charge in [-0.05, 0) is 105 Å². The predicted octanol–water partition coefficient (Wildman–Crippen LogP) is 12.8. The lowest BCUT2D eigenvalue weighted by molar-refractivity contribution is 0.669. The van der Waals surface area contributed by atoms with Crippen LogP contribution < -0.4 is 0 Å². The Bertz CT molecular complexity index is 3220. The maximum atomic E-state index is 6.16. The molecule has 3 aromatic heterocycles. The molecular weight excluding hydrogens is 597 g/mol. The molecular formula is C46H26N2O. The third-order valence-electron chi connectivity index (χ3n) is 10.9. The van der Waals surface area contributed by atoms with Crippen LogP contribution in [0.2, 0.25) is 0 Å². The summed E-state index contributed by atoms with van der Waals surface area (Å²) in [5.41, 5.74) is 15.4. The van der Waals surface area contributed by atoms with Crippen LogP contribution in [0.4, 0.5) is 0 Å². The van der Waals surface area contributed by atoms with E-state index in [1.165, 1.54) is 82.2 Å². The number of fused-ring (bicyclic) bond motifs is 13. The summed E-state index contributed by atoms with van der Waals surface area (Å²) in [4.78, 5) is 3.76. The smallest absolute Gasteiger partial charge is 0.135 e. The highest BCUT2D eigenvalue weighted by molar-refractivity contribution is 6.29. The Morgan fingerprint density at radius 2 is 1.08 bits per heavy atom. The van der Waals surface area contributed by atoms with Crippen molar-refractivity contribution in [2.45, 2.75) is 0 Å². The topological polar surface area (TPSA) is 33.9 Å². The minimum Gasteiger partial charge on any atom is -0.456 e. The van der Waals surface area contributed by atoms with Crippen LogP contribution in [0.1, 0.15) is 0 Å². The molecule has 0 fully saturated rings. The third-order valence-corrected chi connectivity index (χ3v) is 10.9. The lowest BCUT2D eigenvalue weighted by Gasteiger charge is -2.09. The van der Waals surface area contributed by atoms with Crippen molar-refractivity contribution in [1.29, 1.82) is 0 Å². The van der Waals surface area contributed by atoms with Gasteiger partial charge in [0.2, 0.25) is 0 Å². The fourth-order valence-electron chi connectivity index (χ4n) is 8.73. The number of rotatable bonds is 2. The molecule has 0 spiro atoms. The van der Waals surface area contributed by atoms with E-state index < -0.39 is 0 Å². The van der Waals surface area contributed by atoms with Gasteiger partial charge in [-0.3, -0.25) is 0 Å². The van der Waals surface area contributed by atoms with Gasteiger partial charge in [0.15, 0.2) is 0 Å². The zero-order valence-corrected chi connectivity index (χ0v) is 26.3. The molecule has 0 bridgehead atoms. The van der Waals surface area contributed by atoms with Crippen LogP contribution in [0.15, 0.2) is 156 Å². The van der Waals surface area contributed by atoms with E-state index in [0.29, 0.717) is 0 Å². The number of aromatic amines is 1. The highest BCUT2D eigenvalue weighted by atomic mass is 16.3. The first-order valence-electron chi connectivity index (χ1n) is 16.8. The van der Waals surface area contributed by atoms with E-state index in [1.54, 1.807) is 0 Å². The van der Waals surface area contributed by atoms with Crippen LogP contribution in [-0.4, -0.2) is 9.55 Å². The van der Waals surface area contributed by atoms with Gasteiger partial charge in [-0.1, -0.05) is 91.0 Å². The summed E-state index contributed by atoms with van der Waals surface area (Å²) >= 11 is 0. The molecule has 49 heavy (non-hydrogen) atoms. The molecule has 3 nitrogen and oxygen atoms in total. The molecule has 0 unspecified atom stereocenters. The van der Waals surface area contributed by atoms with Gasteiger partial charge in [0, 0.05) is 49.0 Å². The second-order valence-corrected chi connectivity index (χ2v) is 13.4. The molecule has 1 aliphatic carbocycles. The molecule has 1 aliphatic rings. The van der Waals surface area contributed by atoms with Gasteiger partial charge in [0.05, 0.1) is 11.0 Å². The number of nitrogens with zero attached hydrogens (tertiary/aromatic N) is 1. The van der Waals surface area contributed by atoms with E-state index in [2.05, 4.69) is 149 Å². The molecule has 0 saturated carbocycles. The highest BCUT2D eigenvalue weighted by Gasteiger charge is 2.24. The van der Waals surface area contributed by atoms with Crippen LogP contribution in [0.25, 0.3) is 115 Å². The van der Waals surface area contributed by atoms with E-state index in [9.17, 15) is 0 Å². The van der Waals surface area contributed by atoms with Crippen LogP contribution >= 0.6 is 0 Å². The average molecular weight is 623 g/mol. The molecule has 0 aliphatic heterocycles. The zero-order valence-electron chi connectivity index (χ0n) is 26.3. The van der Waals surface area contributed by atoms with Gasteiger partial charge >= 0.3 is 0 Å². The Morgan fingerprint density at radius 1 is 0.388 bits per heavy atom. The molecule has 11 aromatic rings. The SMILES string of the molecule is c1ccc2c(c1)-c1cccc3c1c-2cc1[nH]c2ccc(-c4ccc5c(c4)c4ccccc4n5-c4ccc5oc6ccccc6c5c4)cc2c13. The van der Waals surface area contributed by atoms with Crippen molar-refractivity contribution in [3.8, 4) is 39.1 Å². The number of benzene rings is 8. The summed E-state index contributed by atoms with van der Waals surface area (Å²) in [7, 11) is 0. The molecule has 8 aromatic carbocycles. The third kappa shape index (κ3) is 3.31. The molecule has 1 N–H and O–H groups in total. The van der Waals surface area contributed by atoms with Crippen LogP contribution in [-0.2, 0) is 0 Å². The lowest BCUT2D eigenvalue weighted by Crippen LogP contribution is -1.93. The Hall–Kier alpha value is -6.58. The van der Waals surface area contributed by atoms with Gasteiger partial charge in [-0.2, -0.15) is 0 Å². The minimum atomic E-state index is 0.909. The molecule has 0 radical (unpaired) electrons. The van der Waals surface area contributed by atoms with E-state index in [0.717, 1.165) is 33.1 Å². The van der Waals surface area contributed by atoms with Gasteiger partial charge in [0.1, 0.15) is 11.2 Å². The summed E-state index contributed by atoms with van der Waals surface area (Å²) in [5, 5.41) is 9.99. The maximum Gasteiger partial charge on any atom is 0.135 e. The van der Waals surface area contributed by atoms with Gasteiger partial charge in [0.25, 0.3) is 0 Å². The summed E-state index contributed by atoms with van der Waals surface area (Å²) in [6.07, 6.45) is 0. The number of aromatic nitrogens is 2. The first-order valence-corrected chi connectivity index (χ1v) is 16.8. The standard InChI is InChI=1S/C46H26N2O/c1-2-9-30-29(8-1)33-12-7-13-34-45(33)37(30)25-40-46(34)38-23-26(16-19-39(38)47-40)27-17-20-42-35(22-27)31-10-3-5-14-41(31)48(42)28-18-21-44-36(24-28)32-11-4-6-15-43(32)49-44/h1-25,47H. The lowest BCUT2D eigenvalue weighted by atomic mass is 9.96. The fraction of sp³-hybridized carbons (Fsp3) is 0. The van der Waals surface area contributed by atoms with E-state index >= 15 is 0 Å². The van der Waals surface area contributed by atoms with Gasteiger partial charge in [-0.15, -0.1) is 0 Å². The van der Waals surface area contributed by atoms with E-state index in [4.69, 9.17) is 4.42 Å². The van der Waals surface area contributed by atoms with Crippen LogP contribution in [0, 0.1) is 0 Å². The average Bonchev–Trinajstić information content (AvgIpc) is 3.90. The van der Waals surface area contributed by atoms with Crippen molar-refractivity contribution < 1.29 is 4.42 Å². The Kier molecular flexibility index (Phi) is 4.72. The van der Waals surface area contributed by atoms with E-state index in [-0.39, 0.29) is 0 Å². The molecule has 226 valence electrons. The number of para-hydroxylation sites is 2. The first-order chi connectivity index (χ1) is 24.3. The maximum absolute atomic E-state index is 6.16. The van der Waals surface area contributed by atoms with Crippen molar-refractivity contribution >= 4 is 76.3 Å². The van der Waals surface area contributed by atoms with Crippen molar-refractivity contribution in [3.05, 3.63) is 152 Å². The van der Waals surface area contributed by atoms with Crippen molar-refractivity contribution in [2.75, 3.05) is 0 Å². The second-order valence-electron chi connectivity index (χ2n) is 13.4. The molecule has 12 rings (SSSR count). The number of nitrogens with one attached hydrogen (secondary N) is 1. The second kappa shape index (κ2) is 9.06. The predicted molar refractivity (Wildman–Crippen MR) is 205 cm³/mol. The summed E-state index contributed by atoms with van der Waals surface area (Å²) in [5.74, 6) is 0. The largest absolute Gasteiger partial charge is 0.456 e. The normalized spacial score (nSPS) is 12.5. The quantitative estimate of drug-likeness (QED) is 0.204. The number of furan rings is 1.